The van der Waals surface area contributed by atoms with Crippen molar-refractivity contribution in [3.63, 3.8) is 0 Å². The molecule has 4 rings (SSSR count). The molecule has 3 aromatic rings. The summed E-state index contributed by atoms with van der Waals surface area (Å²) in [5, 5.41) is 3.57. The van der Waals surface area contributed by atoms with Gasteiger partial charge in [0, 0.05) is 35.3 Å². The van der Waals surface area contributed by atoms with E-state index in [2.05, 4.69) is 78.9 Å². The van der Waals surface area contributed by atoms with E-state index in [9.17, 15) is 0 Å². The Balaban J connectivity index is 1.66. The normalized spacial score (nSPS) is 12.1. The van der Waals surface area contributed by atoms with E-state index in [1.165, 1.54) is 21.0 Å². The van der Waals surface area contributed by atoms with Crippen molar-refractivity contribution in [3.8, 4) is 0 Å². The fourth-order valence-electron chi connectivity index (χ4n) is 3.03. The van der Waals surface area contributed by atoms with Crippen molar-refractivity contribution >= 4 is 34.5 Å². The highest BCUT2D eigenvalue weighted by atomic mass is 32.2. The summed E-state index contributed by atoms with van der Waals surface area (Å²) in [5.74, 6) is 0. The summed E-state index contributed by atoms with van der Waals surface area (Å²) >= 11 is 1.77. The van der Waals surface area contributed by atoms with Gasteiger partial charge in [-0.15, -0.1) is 0 Å². The lowest BCUT2D eigenvalue weighted by Crippen LogP contribution is -2.09. The summed E-state index contributed by atoms with van der Waals surface area (Å²) in [6.07, 6.45) is 0.846. The molecule has 0 aliphatic carbocycles. The van der Waals surface area contributed by atoms with Gasteiger partial charge in [-0.05, 0) is 47.9 Å². The van der Waals surface area contributed by atoms with Crippen LogP contribution in [0.4, 0.5) is 22.7 Å². The molecular weight excluding hydrogens is 326 g/mol. The highest BCUT2D eigenvalue weighted by Gasteiger charge is 2.18. The van der Waals surface area contributed by atoms with Gasteiger partial charge in [-0.1, -0.05) is 42.1 Å². The number of nitrogen functional groups attached to an aromatic ring is 1. The van der Waals surface area contributed by atoms with Crippen LogP contribution in [0.3, 0.4) is 0 Å². The predicted molar refractivity (Wildman–Crippen MR) is 108 cm³/mol. The van der Waals surface area contributed by atoms with Crippen molar-refractivity contribution in [1.82, 2.24) is 0 Å². The van der Waals surface area contributed by atoms with Crippen molar-refractivity contribution in [1.29, 1.82) is 0 Å². The summed E-state index contributed by atoms with van der Waals surface area (Å²) in [6, 6.07) is 21.2. The predicted octanol–water partition coefficient (Wildman–Crippen LogP) is 5.13. The average Bonchev–Trinajstić information content (AvgIpc) is 2.61. The number of nitrogens with one attached hydrogen (secondary N) is 1. The minimum Gasteiger partial charge on any atom is -0.398 e. The van der Waals surface area contributed by atoms with Crippen molar-refractivity contribution in [2.45, 2.75) is 16.2 Å². The van der Waals surface area contributed by atoms with Gasteiger partial charge in [0.1, 0.15) is 0 Å². The third-order valence-corrected chi connectivity index (χ3v) is 5.57. The number of nitrogens with two attached hydrogens (primary N) is 1. The molecule has 1 heterocycles. The lowest BCUT2D eigenvalue weighted by atomic mass is 10.0. The summed E-state index contributed by atoms with van der Waals surface area (Å²) in [5.41, 5.74) is 13.1. The highest BCUT2D eigenvalue weighted by Crippen LogP contribution is 2.46. The van der Waals surface area contributed by atoms with Gasteiger partial charge in [0.2, 0.25) is 0 Å². The fraction of sp³-hybridized carbons (Fsp3) is 0.143. The number of benzene rings is 3. The zero-order valence-electron chi connectivity index (χ0n) is 14.4. The molecule has 25 heavy (non-hydrogen) atoms. The van der Waals surface area contributed by atoms with Gasteiger partial charge in [-0.25, -0.2) is 0 Å². The van der Waals surface area contributed by atoms with Gasteiger partial charge in [0.15, 0.2) is 0 Å². The minimum atomic E-state index is 0.846. The van der Waals surface area contributed by atoms with Crippen molar-refractivity contribution < 1.29 is 0 Å². The molecule has 0 bridgehead atoms. The molecular formula is C21H21N3S. The molecule has 1 aliphatic heterocycles. The van der Waals surface area contributed by atoms with Crippen LogP contribution in [0.15, 0.2) is 70.5 Å². The number of hydrogen-bond donors (Lipinski definition) is 2. The molecule has 3 nitrogen and oxygen atoms in total. The van der Waals surface area contributed by atoms with E-state index in [4.69, 9.17) is 5.73 Å². The molecule has 3 aromatic carbocycles. The molecule has 0 spiro atoms. The Bertz CT molecular complexity index is 920. The van der Waals surface area contributed by atoms with Gasteiger partial charge < -0.3 is 16.0 Å². The Morgan fingerprint density at radius 1 is 0.920 bits per heavy atom. The van der Waals surface area contributed by atoms with E-state index >= 15 is 0 Å². The van der Waals surface area contributed by atoms with Crippen LogP contribution < -0.4 is 16.0 Å². The standard InChI is InChI=1S/C21H21N3S/c1-24(2)16-8-9-18-20(12-16)25-21-13-17(22)15(11-19(21)23-18)10-14-6-4-3-5-7-14/h3-9,11-13,23H,10,22H2,1-2H3. The molecule has 0 fully saturated rings. The second-order valence-electron chi connectivity index (χ2n) is 6.51. The van der Waals surface area contributed by atoms with Gasteiger partial charge in [-0.2, -0.15) is 0 Å². The Hall–Kier alpha value is -2.59. The van der Waals surface area contributed by atoms with Gasteiger partial charge in [0.25, 0.3) is 0 Å². The van der Waals surface area contributed by atoms with Crippen LogP contribution in [-0.4, -0.2) is 14.1 Å². The first-order valence-corrected chi connectivity index (χ1v) is 9.14. The molecule has 0 unspecified atom stereocenters. The second kappa shape index (κ2) is 6.37. The largest absolute Gasteiger partial charge is 0.398 e. The Labute approximate surface area is 152 Å². The molecule has 0 aromatic heterocycles. The molecule has 0 saturated carbocycles. The first-order valence-electron chi connectivity index (χ1n) is 8.33. The van der Waals surface area contributed by atoms with E-state index in [1.807, 2.05) is 6.07 Å². The van der Waals surface area contributed by atoms with Crippen molar-refractivity contribution in [2.75, 3.05) is 30.0 Å². The van der Waals surface area contributed by atoms with Crippen LogP contribution in [0, 0.1) is 0 Å². The van der Waals surface area contributed by atoms with Crippen LogP contribution in [-0.2, 0) is 6.42 Å². The molecule has 3 N–H and O–H groups in total. The first kappa shape index (κ1) is 15.9. The first-order chi connectivity index (χ1) is 12.1. The van der Waals surface area contributed by atoms with Crippen LogP contribution in [0.1, 0.15) is 11.1 Å². The fourth-order valence-corrected chi connectivity index (χ4v) is 4.08. The number of hydrogen-bond acceptors (Lipinski definition) is 4. The van der Waals surface area contributed by atoms with Crippen molar-refractivity contribution in [3.05, 3.63) is 71.8 Å². The summed E-state index contributed by atoms with van der Waals surface area (Å²) < 4.78 is 0. The maximum atomic E-state index is 6.34. The lowest BCUT2D eigenvalue weighted by Gasteiger charge is -2.24. The molecule has 126 valence electrons. The third-order valence-electron chi connectivity index (χ3n) is 4.45. The van der Waals surface area contributed by atoms with E-state index in [0.717, 1.165) is 29.0 Å². The van der Waals surface area contributed by atoms with E-state index in [1.54, 1.807) is 11.8 Å². The monoisotopic (exact) mass is 347 g/mol. The number of fused-ring (bicyclic) bond motifs is 2. The Morgan fingerprint density at radius 3 is 2.44 bits per heavy atom. The molecule has 0 radical (unpaired) electrons. The summed E-state index contributed by atoms with van der Waals surface area (Å²) in [7, 11) is 4.12. The zero-order valence-corrected chi connectivity index (χ0v) is 15.2. The molecule has 0 atom stereocenters. The van der Waals surface area contributed by atoms with Gasteiger partial charge >= 0.3 is 0 Å². The second-order valence-corrected chi connectivity index (χ2v) is 7.60. The van der Waals surface area contributed by atoms with Crippen LogP contribution in [0.5, 0.6) is 0 Å². The maximum Gasteiger partial charge on any atom is 0.0530 e. The van der Waals surface area contributed by atoms with E-state index < -0.39 is 0 Å². The smallest absolute Gasteiger partial charge is 0.0530 e. The van der Waals surface area contributed by atoms with Crippen LogP contribution in [0.2, 0.25) is 0 Å². The Morgan fingerprint density at radius 2 is 1.68 bits per heavy atom. The maximum absolute atomic E-state index is 6.34. The number of rotatable bonds is 3. The topological polar surface area (TPSA) is 41.3 Å². The molecule has 4 heteroatoms. The van der Waals surface area contributed by atoms with Crippen molar-refractivity contribution in [2.24, 2.45) is 0 Å². The number of nitrogens with zero attached hydrogens (tertiary/aromatic N) is 1. The third kappa shape index (κ3) is 3.17. The molecule has 1 aliphatic rings. The zero-order chi connectivity index (χ0) is 17.4. The quantitative estimate of drug-likeness (QED) is 0.504. The molecule has 0 amide bonds. The number of anilines is 4. The SMILES string of the molecule is CN(C)c1ccc2c(c1)Sc1cc(N)c(Cc3ccccc3)cc1N2. The average molecular weight is 347 g/mol. The summed E-state index contributed by atoms with van der Waals surface area (Å²) in [4.78, 5) is 4.53. The minimum absolute atomic E-state index is 0.846. The van der Waals surface area contributed by atoms with Gasteiger partial charge in [-0.3, -0.25) is 0 Å². The summed E-state index contributed by atoms with van der Waals surface area (Å²) in [6.45, 7) is 0. The lowest BCUT2D eigenvalue weighted by molar-refractivity contribution is 1.12. The van der Waals surface area contributed by atoms with Gasteiger partial charge in [0.05, 0.1) is 11.4 Å². The van der Waals surface area contributed by atoms with Crippen LogP contribution >= 0.6 is 11.8 Å². The van der Waals surface area contributed by atoms with Crippen LogP contribution in [0.25, 0.3) is 0 Å². The van der Waals surface area contributed by atoms with E-state index in [-0.39, 0.29) is 0 Å². The van der Waals surface area contributed by atoms with E-state index in [0.29, 0.717) is 0 Å². The molecule has 0 saturated heterocycles. The highest BCUT2D eigenvalue weighted by molar-refractivity contribution is 7.99. The Kier molecular flexibility index (Phi) is 4.06.